The number of hydrogen-bond acceptors (Lipinski definition) is 7. The lowest BCUT2D eigenvalue weighted by Crippen LogP contribution is -2.37. The van der Waals surface area contributed by atoms with E-state index in [0.29, 0.717) is 16.5 Å². The summed E-state index contributed by atoms with van der Waals surface area (Å²) in [5, 5.41) is 10.6. The van der Waals surface area contributed by atoms with E-state index >= 15 is 0 Å². The molecule has 2 aromatic carbocycles. The monoisotopic (exact) mass is 434 g/mol. The number of nitrogen functional groups attached to an aromatic ring is 1. The summed E-state index contributed by atoms with van der Waals surface area (Å²) in [4.78, 5) is 41.1. The first-order chi connectivity index (χ1) is 15.3. The SMILES string of the molecule is Cc1c(O)ccc2c(CN(C)c3c(N)n(Cc4ccccc4)c(=O)[nH]c3=O)cc(=O)oc12. The first-order valence-corrected chi connectivity index (χ1v) is 9.89. The molecular weight excluding hydrogens is 412 g/mol. The topological polar surface area (TPSA) is 135 Å². The summed E-state index contributed by atoms with van der Waals surface area (Å²) in [6, 6.07) is 13.8. The maximum absolute atomic E-state index is 12.6. The van der Waals surface area contributed by atoms with Crippen LogP contribution in [0.5, 0.6) is 5.75 Å². The summed E-state index contributed by atoms with van der Waals surface area (Å²) in [6.07, 6.45) is 0. The van der Waals surface area contributed by atoms with Crippen LogP contribution in [0.4, 0.5) is 11.5 Å². The summed E-state index contributed by atoms with van der Waals surface area (Å²) in [5.74, 6) is 0.0334. The molecule has 4 N–H and O–H groups in total. The van der Waals surface area contributed by atoms with E-state index in [1.807, 2.05) is 30.3 Å². The van der Waals surface area contributed by atoms with Crippen molar-refractivity contribution in [1.29, 1.82) is 0 Å². The number of anilines is 2. The summed E-state index contributed by atoms with van der Waals surface area (Å²) in [5.41, 5.74) is 6.71. The van der Waals surface area contributed by atoms with Gasteiger partial charge in [0.2, 0.25) is 0 Å². The summed E-state index contributed by atoms with van der Waals surface area (Å²) in [7, 11) is 1.64. The van der Waals surface area contributed by atoms with Gasteiger partial charge in [-0.3, -0.25) is 14.3 Å². The van der Waals surface area contributed by atoms with Crippen LogP contribution in [0, 0.1) is 6.92 Å². The highest BCUT2D eigenvalue weighted by Gasteiger charge is 2.19. The van der Waals surface area contributed by atoms with E-state index in [9.17, 15) is 19.5 Å². The molecule has 32 heavy (non-hydrogen) atoms. The molecule has 9 heteroatoms. The minimum Gasteiger partial charge on any atom is -0.508 e. The fourth-order valence-corrected chi connectivity index (χ4v) is 3.75. The van der Waals surface area contributed by atoms with Crippen LogP contribution in [0.3, 0.4) is 0 Å². The van der Waals surface area contributed by atoms with Gasteiger partial charge in [-0.25, -0.2) is 9.59 Å². The minimum absolute atomic E-state index is 0.0137. The third kappa shape index (κ3) is 3.76. The Balaban J connectivity index is 1.78. The van der Waals surface area contributed by atoms with E-state index in [0.717, 1.165) is 5.56 Å². The van der Waals surface area contributed by atoms with Gasteiger partial charge in [-0.05, 0) is 30.2 Å². The standard InChI is InChI=1S/C23H22N4O5/c1-13-17(28)9-8-16-15(10-18(29)32-20(13)16)12-26(2)19-21(24)27(23(31)25-22(19)30)11-14-6-4-3-5-7-14/h3-10,28H,11-12,24H2,1-2H3,(H,25,30,31). The van der Waals surface area contributed by atoms with Crippen molar-refractivity contribution in [2.75, 3.05) is 17.7 Å². The lowest BCUT2D eigenvalue weighted by atomic mass is 10.1. The number of nitrogens with zero attached hydrogens (tertiary/aromatic N) is 2. The highest BCUT2D eigenvalue weighted by molar-refractivity contribution is 5.85. The van der Waals surface area contributed by atoms with Crippen molar-refractivity contribution in [3.63, 3.8) is 0 Å². The van der Waals surface area contributed by atoms with Gasteiger partial charge in [0.1, 0.15) is 22.8 Å². The Kier molecular flexibility index (Phi) is 5.31. The molecular formula is C23H22N4O5. The fraction of sp³-hybridized carbons (Fsp3) is 0.174. The van der Waals surface area contributed by atoms with Crippen molar-refractivity contribution in [2.24, 2.45) is 0 Å². The molecule has 0 unspecified atom stereocenters. The van der Waals surface area contributed by atoms with Gasteiger partial charge in [0.05, 0.1) is 6.54 Å². The normalized spacial score (nSPS) is 11.1. The molecule has 4 aromatic rings. The largest absolute Gasteiger partial charge is 0.508 e. The number of H-pyrrole nitrogens is 1. The van der Waals surface area contributed by atoms with E-state index in [1.165, 1.54) is 16.7 Å². The smallest absolute Gasteiger partial charge is 0.336 e. The molecule has 2 aromatic heterocycles. The number of phenols is 1. The van der Waals surface area contributed by atoms with Gasteiger partial charge in [-0.1, -0.05) is 30.3 Å². The van der Waals surface area contributed by atoms with Gasteiger partial charge in [0, 0.05) is 30.6 Å². The van der Waals surface area contributed by atoms with Gasteiger partial charge in [-0.2, -0.15) is 0 Å². The Bertz CT molecular complexity index is 1490. The second-order valence-electron chi connectivity index (χ2n) is 7.60. The number of aromatic hydroxyl groups is 1. The van der Waals surface area contributed by atoms with Crippen LogP contribution < -0.4 is 27.5 Å². The molecule has 0 aliphatic rings. The molecule has 0 radical (unpaired) electrons. The first-order valence-electron chi connectivity index (χ1n) is 9.89. The van der Waals surface area contributed by atoms with Gasteiger partial charge < -0.3 is 20.2 Å². The predicted octanol–water partition coefficient (Wildman–Crippen LogP) is 1.92. The number of fused-ring (bicyclic) bond motifs is 1. The molecule has 0 spiro atoms. The lowest BCUT2D eigenvalue weighted by molar-refractivity contribution is 0.468. The van der Waals surface area contributed by atoms with Crippen LogP contribution in [0.15, 0.2) is 67.3 Å². The van der Waals surface area contributed by atoms with Gasteiger partial charge in [0.25, 0.3) is 5.56 Å². The molecule has 0 saturated heterocycles. The summed E-state index contributed by atoms with van der Waals surface area (Å²) < 4.78 is 6.57. The number of aromatic amines is 1. The van der Waals surface area contributed by atoms with Crippen LogP contribution in [0.25, 0.3) is 11.0 Å². The van der Waals surface area contributed by atoms with Crippen LogP contribution in [-0.2, 0) is 13.1 Å². The van der Waals surface area contributed by atoms with Gasteiger partial charge >= 0.3 is 11.3 Å². The number of phenolic OH excluding ortho intramolecular Hbond substituents is 1. The summed E-state index contributed by atoms with van der Waals surface area (Å²) >= 11 is 0. The third-order valence-corrected chi connectivity index (χ3v) is 5.40. The van der Waals surface area contributed by atoms with Gasteiger partial charge in [0.15, 0.2) is 0 Å². The number of rotatable bonds is 5. The van der Waals surface area contributed by atoms with Crippen LogP contribution in [-0.4, -0.2) is 21.7 Å². The zero-order valence-electron chi connectivity index (χ0n) is 17.6. The zero-order chi connectivity index (χ0) is 23.0. The van der Waals surface area contributed by atoms with E-state index < -0.39 is 16.9 Å². The van der Waals surface area contributed by atoms with Crippen molar-refractivity contribution < 1.29 is 9.52 Å². The Hall–Kier alpha value is -4.27. The number of nitrogens with one attached hydrogen (secondary N) is 1. The average molecular weight is 434 g/mol. The molecule has 0 bridgehead atoms. The van der Waals surface area contributed by atoms with Crippen molar-refractivity contribution >= 4 is 22.5 Å². The maximum Gasteiger partial charge on any atom is 0.336 e. The molecule has 4 rings (SSSR count). The van der Waals surface area contributed by atoms with E-state index in [2.05, 4.69) is 4.98 Å². The highest BCUT2D eigenvalue weighted by atomic mass is 16.4. The lowest BCUT2D eigenvalue weighted by Gasteiger charge is -2.22. The zero-order valence-corrected chi connectivity index (χ0v) is 17.6. The third-order valence-electron chi connectivity index (χ3n) is 5.40. The second kappa shape index (κ2) is 8.10. The van der Waals surface area contributed by atoms with Crippen LogP contribution in [0.2, 0.25) is 0 Å². The number of nitrogens with two attached hydrogens (primary N) is 1. The predicted molar refractivity (Wildman–Crippen MR) is 122 cm³/mol. The highest BCUT2D eigenvalue weighted by Crippen LogP contribution is 2.28. The van der Waals surface area contributed by atoms with Crippen molar-refractivity contribution in [3.8, 4) is 5.75 Å². The second-order valence-corrected chi connectivity index (χ2v) is 7.60. The van der Waals surface area contributed by atoms with E-state index in [-0.39, 0.29) is 35.9 Å². The summed E-state index contributed by atoms with van der Waals surface area (Å²) in [6.45, 7) is 1.98. The Morgan fingerprint density at radius 1 is 1.12 bits per heavy atom. The van der Waals surface area contributed by atoms with Crippen molar-refractivity contribution in [2.45, 2.75) is 20.0 Å². The van der Waals surface area contributed by atoms with E-state index in [1.54, 1.807) is 24.9 Å². The number of hydrogen-bond donors (Lipinski definition) is 3. The Morgan fingerprint density at radius 3 is 2.56 bits per heavy atom. The molecule has 164 valence electrons. The quantitative estimate of drug-likeness (QED) is 0.409. The minimum atomic E-state index is -0.625. The molecule has 0 aliphatic carbocycles. The van der Waals surface area contributed by atoms with Gasteiger partial charge in [-0.15, -0.1) is 0 Å². The Morgan fingerprint density at radius 2 is 1.84 bits per heavy atom. The van der Waals surface area contributed by atoms with E-state index in [4.69, 9.17) is 10.2 Å². The molecule has 0 aliphatic heterocycles. The first kappa shape index (κ1) is 21.0. The molecule has 2 heterocycles. The van der Waals surface area contributed by atoms with Crippen molar-refractivity contribution in [1.82, 2.24) is 9.55 Å². The molecule has 0 amide bonds. The number of benzene rings is 2. The Labute approximate surface area is 182 Å². The number of aromatic nitrogens is 2. The molecule has 0 atom stereocenters. The average Bonchev–Trinajstić information content (AvgIpc) is 2.74. The molecule has 9 nitrogen and oxygen atoms in total. The van der Waals surface area contributed by atoms with Crippen molar-refractivity contribution in [3.05, 3.63) is 96.5 Å². The number of aryl methyl sites for hydroxylation is 1. The maximum atomic E-state index is 12.6. The van der Waals surface area contributed by atoms with Crippen LogP contribution >= 0.6 is 0 Å². The fourth-order valence-electron chi connectivity index (χ4n) is 3.75. The molecule has 0 fully saturated rings. The van der Waals surface area contributed by atoms with Crippen LogP contribution in [0.1, 0.15) is 16.7 Å². The molecule has 0 saturated carbocycles.